The maximum absolute atomic E-state index is 11.3. The van der Waals surface area contributed by atoms with Crippen LogP contribution in [0.5, 0.6) is 0 Å². The molecule has 1 aromatic heterocycles. The largest absolute Gasteiger partial charge is 0.320 e. The van der Waals surface area contributed by atoms with E-state index in [0.29, 0.717) is 5.69 Å². The molecule has 7 heteroatoms. The summed E-state index contributed by atoms with van der Waals surface area (Å²) in [4.78, 5) is 3.95. The molecular weight excluding hydrogens is 240 g/mol. The molecule has 1 aromatic rings. The van der Waals surface area contributed by atoms with Gasteiger partial charge in [-0.1, -0.05) is 12.0 Å². The number of nitrogens with zero attached hydrogens (tertiary/aromatic N) is 2. The maximum atomic E-state index is 11.3. The van der Waals surface area contributed by atoms with Crippen LogP contribution >= 0.6 is 0 Å². The molecule has 0 aliphatic rings. The molecule has 0 saturated heterocycles. The number of hydrogen-bond acceptors (Lipinski definition) is 5. The molecule has 0 bridgehead atoms. The van der Waals surface area contributed by atoms with Crippen molar-refractivity contribution in [1.29, 1.82) is 5.26 Å². The second kappa shape index (κ2) is 5.85. The molecule has 88 valence electrons. The third kappa shape index (κ3) is 4.51. The van der Waals surface area contributed by atoms with Gasteiger partial charge in [-0.2, -0.15) is 5.26 Å². The number of anilines is 1. The zero-order valence-electron chi connectivity index (χ0n) is 8.84. The summed E-state index contributed by atoms with van der Waals surface area (Å²) in [6, 6.07) is 6.27. The SMILES string of the molecule is N#CCS(=O)(=O)Nc1cccc(C#CCN)n1. The maximum Gasteiger partial charge on any atom is 0.247 e. The Morgan fingerprint density at radius 3 is 2.88 bits per heavy atom. The van der Waals surface area contributed by atoms with Crippen LogP contribution in [0.25, 0.3) is 0 Å². The van der Waals surface area contributed by atoms with Crippen molar-refractivity contribution in [3.63, 3.8) is 0 Å². The molecular formula is C10H10N4O2S. The number of nitrogens with two attached hydrogens (primary N) is 1. The third-order valence-electron chi connectivity index (χ3n) is 1.58. The highest BCUT2D eigenvalue weighted by Crippen LogP contribution is 2.06. The number of nitriles is 1. The number of hydrogen-bond donors (Lipinski definition) is 2. The van der Waals surface area contributed by atoms with Crippen LogP contribution in [0, 0.1) is 23.2 Å². The average molecular weight is 250 g/mol. The van der Waals surface area contributed by atoms with Crippen molar-refractivity contribution in [2.45, 2.75) is 0 Å². The Labute approximate surface area is 99.5 Å². The summed E-state index contributed by atoms with van der Waals surface area (Å²) in [5.74, 6) is 4.79. The Morgan fingerprint density at radius 2 is 2.24 bits per heavy atom. The van der Waals surface area contributed by atoms with Crippen molar-refractivity contribution < 1.29 is 8.42 Å². The van der Waals surface area contributed by atoms with Crippen molar-refractivity contribution in [2.24, 2.45) is 5.73 Å². The van der Waals surface area contributed by atoms with Gasteiger partial charge in [0, 0.05) is 0 Å². The van der Waals surface area contributed by atoms with Crippen LogP contribution in [0.4, 0.5) is 5.82 Å². The van der Waals surface area contributed by atoms with E-state index in [1.807, 2.05) is 0 Å². The van der Waals surface area contributed by atoms with Gasteiger partial charge in [0.25, 0.3) is 0 Å². The van der Waals surface area contributed by atoms with Crippen LogP contribution < -0.4 is 10.5 Å². The lowest BCUT2D eigenvalue weighted by atomic mass is 10.3. The van der Waals surface area contributed by atoms with Gasteiger partial charge in [0.2, 0.25) is 10.0 Å². The van der Waals surface area contributed by atoms with Gasteiger partial charge in [0.15, 0.2) is 5.75 Å². The van der Waals surface area contributed by atoms with E-state index in [0.717, 1.165) is 0 Å². The Hall–Kier alpha value is -2.09. The lowest BCUT2D eigenvalue weighted by molar-refractivity contribution is 0.604. The molecule has 0 aliphatic heterocycles. The number of aromatic nitrogens is 1. The van der Waals surface area contributed by atoms with E-state index < -0.39 is 15.8 Å². The molecule has 0 fully saturated rings. The number of sulfonamides is 1. The van der Waals surface area contributed by atoms with E-state index in [9.17, 15) is 8.42 Å². The lowest BCUT2D eigenvalue weighted by Crippen LogP contribution is -2.16. The molecule has 0 aliphatic carbocycles. The van der Waals surface area contributed by atoms with Crippen LogP contribution in [0.3, 0.4) is 0 Å². The number of rotatable bonds is 3. The first kappa shape index (κ1) is 13.0. The third-order valence-corrected chi connectivity index (χ3v) is 2.61. The van der Waals surface area contributed by atoms with Crippen molar-refractivity contribution in [1.82, 2.24) is 4.98 Å². The van der Waals surface area contributed by atoms with Gasteiger partial charge >= 0.3 is 0 Å². The summed E-state index contributed by atoms with van der Waals surface area (Å²) in [5.41, 5.74) is 5.62. The first-order valence-corrected chi connectivity index (χ1v) is 6.26. The second-order valence-electron chi connectivity index (χ2n) is 2.93. The molecule has 6 nitrogen and oxygen atoms in total. The van der Waals surface area contributed by atoms with Crippen molar-refractivity contribution in [2.75, 3.05) is 17.0 Å². The molecule has 0 unspecified atom stereocenters. The average Bonchev–Trinajstić information content (AvgIpc) is 2.26. The van der Waals surface area contributed by atoms with Crippen molar-refractivity contribution in [3.05, 3.63) is 23.9 Å². The van der Waals surface area contributed by atoms with Crippen molar-refractivity contribution in [3.8, 4) is 17.9 Å². The summed E-state index contributed by atoms with van der Waals surface area (Å²) >= 11 is 0. The Bertz CT molecular complexity index is 593. The summed E-state index contributed by atoms with van der Waals surface area (Å²) in [6.07, 6.45) is 0. The summed E-state index contributed by atoms with van der Waals surface area (Å²) in [6.45, 7) is 0.200. The molecule has 17 heavy (non-hydrogen) atoms. The highest BCUT2D eigenvalue weighted by Gasteiger charge is 2.09. The van der Waals surface area contributed by atoms with Crippen LogP contribution in [0.15, 0.2) is 18.2 Å². The van der Waals surface area contributed by atoms with Gasteiger partial charge in [-0.05, 0) is 18.1 Å². The molecule has 0 spiro atoms. The lowest BCUT2D eigenvalue weighted by Gasteiger charge is -2.03. The fraction of sp³-hybridized carbons (Fsp3) is 0.200. The smallest absolute Gasteiger partial charge is 0.247 e. The highest BCUT2D eigenvalue weighted by molar-refractivity contribution is 7.92. The van der Waals surface area contributed by atoms with E-state index in [4.69, 9.17) is 11.0 Å². The van der Waals surface area contributed by atoms with Gasteiger partial charge in [-0.3, -0.25) is 4.72 Å². The Morgan fingerprint density at radius 1 is 1.47 bits per heavy atom. The second-order valence-corrected chi connectivity index (χ2v) is 4.66. The van der Waals surface area contributed by atoms with Crippen LogP contribution in [-0.4, -0.2) is 25.7 Å². The molecule has 0 radical (unpaired) electrons. The summed E-state index contributed by atoms with van der Waals surface area (Å²) in [5, 5.41) is 8.32. The minimum atomic E-state index is -3.67. The predicted molar refractivity (Wildman–Crippen MR) is 63.2 cm³/mol. The van der Waals surface area contributed by atoms with Crippen LogP contribution in [0.2, 0.25) is 0 Å². The van der Waals surface area contributed by atoms with E-state index >= 15 is 0 Å². The number of pyridine rings is 1. The van der Waals surface area contributed by atoms with E-state index in [2.05, 4.69) is 21.5 Å². The Balaban J connectivity index is 2.91. The van der Waals surface area contributed by atoms with Crippen LogP contribution in [-0.2, 0) is 10.0 Å². The molecule has 1 rings (SSSR count). The summed E-state index contributed by atoms with van der Waals surface area (Å²) < 4.78 is 24.8. The zero-order chi connectivity index (χ0) is 12.7. The molecule has 0 atom stereocenters. The van der Waals surface area contributed by atoms with Gasteiger partial charge in [-0.25, -0.2) is 13.4 Å². The fourth-order valence-electron chi connectivity index (χ4n) is 0.983. The van der Waals surface area contributed by atoms with E-state index in [-0.39, 0.29) is 12.4 Å². The minimum absolute atomic E-state index is 0.129. The quantitative estimate of drug-likeness (QED) is 0.713. The van der Waals surface area contributed by atoms with Gasteiger partial charge in [-0.15, -0.1) is 0 Å². The molecule has 1 heterocycles. The minimum Gasteiger partial charge on any atom is -0.320 e. The topological polar surface area (TPSA) is 109 Å². The van der Waals surface area contributed by atoms with E-state index in [1.165, 1.54) is 6.07 Å². The van der Waals surface area contributed by atoms with Gasteiger partial charge < -0.3 is 5.73 Å². The normalized spacial score (nSPS) is 9.88. The monoisotopic (exact) mass is 250 g/mol. The van der Waals surface area contributed by atoms with Crippen molar-refractivity contribution >= 4 is 15.8 Å². The zero-order valence-corrected chi connectivity index (χ0v) is 9.66. The molecule has 3 N–H and O–H groups in total. The molecule has 0 amide bonds. The standard InChI is InChI=1S/C10H10N4O2S/c11-6-2-4-9-3-1-5-10(13-9)14-17(15,16)8-7-12/h1,3,5H,6,8,11H2,(H,13,14). The first-order valence-electron chi connectivity index (χ1n) is 4.61. The molecule has 0 aromatic carbocycles. The fourth-order valence-corrected chi connectivity index (χ4v) is 1.66. The highest BCUT2D eigenvalue weighted by atomic mass is 32.2. The number of nitrogens with one attached hydrogen (secondary N) is 1. The van der Waals surface area contributed by atoms with Crippen LogP contribution in [0.1, 0.15) is 5.69 Å². The van der Waals surface area contributed by atoms with Gasteiger partial charge in [0.1, 0.15) is 11.5 Å². The Kier molecular flexibility index (Phi) is 4.46. The van der Waals surface area contributed by atoms with E-state index in [1.54, 1.807) is 18.2 Å². The van der Waals surface area contributed by atoms with Gasteiger partial charge in [0.05, 0.1) is 12.6 Å². The predicted octanol–water partition coefficient (Wildman–Crippen LogP) is -0.343. The first-order chi connectivity index (χ1) is 8.07. The summed E-state index contributed by atoms with van der Waals surface area (Å²) in [7, 11) is -3.67. The molecule has 0 saturated carbocycles.